The van der Waals surface area contributed by atoms with E-state index in [1.165, 1.54) is 0 Å². The van der Waals surface area contributed by atoms with Crippen LogP contribution in [0.2, 0.25) is 0 Å². The Balaban J connectivity index is 1.50. The van der Waals surface area contributed by atoms with Crippen molar-refractivity contribution in [1.82, 2.24) is 14.7 Å². The first kappa shape index (κ1) is 20.6. The number of aromatic nitrogens is 2. The molecule has 0 aliphatic carbocycles. The Hall–Kier alpha value is -2.09. The van der Waals surface area contributed by atoms with E-state index in [0.717, 1.165) is 34.7 Å². The van der Waals surface area contributed by atoms with Crippen LogP contribution in [0.25, 0.3) is 11.3 Å². The van der Waals surface area contributed by atoms with E-state index in [2.05, 4.69) is 28.5 Å². The molecule has 0 bridgehead atoms. The van der Waals surface area contributed by atoms with Gasteiger partial charge in [-0.3, -0.25) is 4.98 Å². The molecule has 0 aliphatic rings. The van der Waals surface area contributed by atoms with Crippen molar-refractivity contribution in [3.8, 4) is 11.3 Å². The van der Waals surface area contributed by atoms with Gasteiger partial charge in [0.25, 0.3) is 0 Å². The Morgan fingerprint density at radius 1 is 1.07 bits per heavy atom. The molecule has 0 amide bonds. The van der Waals surface area contributed by atoms with Crippen molar-refractivity contribution in [2.24, 2.45) is 5.92 Å². The van der Waals surface area contributed by atoms with Crippen LogP contribution in [-0.2, 0) is 22.9 Å². The van der Waals surface area contributed by atoms with E-state index < -0.39 is 10.0 Å². The SMILES string of the molecule is CC(C)Cc1ccc(S(=O)(=O)NCCCc2nc(-c3ccncc3)cs2)cc1. The number of nitrogens with zero attached hydrogens (tertiary/aromatic N) is 2. The van der Waals surface area contributed by atoms with Crippen molar-refractivity contribution in [2.45, 2.75) is 38.0 Å². The van der Waals surface area contributed by atoms with E-state index in [4.69, 9.17) is 0 Å². The van der Waals surface area contributed by atoms with Gasteiger partial charge in [-0.25, -0.2) is 18.1 Å². The van der Waals surface area contributed by atoms with Crippen LogP contribution in [0.1, 0.15) is 30.8 Å². The third-order valence-corrected chi connectivity index (χ3v) is 6.65. The first-order valence-electron chi connectivity index (χ1n) is 9.37. The second kappa shape index (κ2) is 9.41. The van der Waals surface area contributed by atoms with Crippen LogP contribution in [0.5, 0.6) is 0 Å². The molecule has 0 radical (unpaired) electrons. The van der Waals surface area contributed by atoms with Gasteiger partial charge in [-0.15, -0.1) is 11.3 Å². The lowest BCUT2D eigenvalue weighted by atomic mass is 10.0. The molecule has 1 N–H and O–H groups in total. The van der Waals surface area contributed by atoms with Crippen LogP contribution >= 0.6 is 11.3 Å². The molecule has 3 aromatic rings. The average Bonchev–Trinajstić information content (AvgIpc) is 3.15. The lowest BCUT2D eigenvalue weighted by Crippen LogP contribution is -2.25. The molecule has 3 rings (SSSR count). The number of rotatable bonds is 9. The first-order chi connectivity index (χ1) is 13.4. The summed E-state index contributed by atoms with van der Waals surface area (Å²) in [6.45, 7) is 4.68. The number of sulfonamides is 1. The molecule has 0 saturated carbocycles. The highest BCUT2D eigenvalue weighted by Gasteiger charge is 2.13. The molecule has 28 heavy (non-hydrogen) atoms. The Morgan fingerprint density at radius 3 is 2.46 bits per heavy atom. The Kier molecular flexibility index (Phi) is 6.93. The zero-order valence-electron chi connectivity index (χ0n) is 16.1. The second-order valence-corrected chi connectivity index (χ2v) is 9.82. The van der Waals surface area contributed by atoms with Gasteiger partial charge in [-0.05, 0) is 48.6 Å². The van der Waals surface area contributed by atoms with Gasteiger partial charge >= 0.3 is 0 Å². The van der Waals surface area contributed by atoms with Crippen LogP contribution in [0, 0.1) is 5.92 Å². The number of aryl methyl sites for hydroxylation is 1. The van der Waals surface area contributed by atoms with Gasteiger partial charge in [-0.2, -0.15) is 0 Å². The number of hydrogen-bond acceptors (Lipinski definition) is 5. The summed E-state index contributed by atoms with van der Waals surface area (Å²) in [5.74, 6) is 0.547. The van der Waals surface area contributed by atoms with Crippen molar-refractivity contribution in [2.75, 3.05) is 6.54 Å². The predicted molar refractivity (Wildman–Crippen MR) is 114 cm³/mol. The van der Waals surface area contributed by atoms with Crippen LogP contribution in [0.3, 0.4) is 0 Å². The summed E-state index contributed by atoms with van der Waals surface area (Å²) in [7, 11) is -3.47. The van der Waals surface area contributed by atoms with Crippen molar-refractivity contribution in [3.05, 3.63) is 64.7 Å². The Labute approximate surface area is 170 Å². The van der Waals surface area contributed by atoms with Gasteiger partial charge < -0.3 is 0 Å². The number of thiazole rings is 1. The fraction of sp³-hybridized carbons (Fsp3) is 0.333. The maximum atomic E-state index is 12.4. The molecule has 2 aromatic heterocycles. The van der Waals surface area contributed by atoms with Crippen LogP contribution < -0.4 is 4.72 Å². The number of nitrogens with one attached hydrogen (secondary N) is 1. The largest absolute Gasteiger partial charge is 0.265 e. The van der Waals surface area contributed by atoms with Gasteiger partial charge in [0.1, 0.15) is 0 Å². The molecule has 1 aromatic carbocycles. The van der Waals surface area contributed by atoms with Crippen LogP contribution in [-0.4, -0.2) is 24.9 Å². The highest BCUT2D eigenvalue weighted by Crippen LogP contribution is 2.22. The highest BCUT2D eigenvalue weighted by atomic mass is 32.2. The minimum atomic E-state index is -3.47. The van der Waals surface area contributed by atoms with Gasteiger partial charge in [0.05, 0.1) is 15.6 Å². The van der Waals surface area contributed by atoms with E-state index in [1.54, 1.807) is 35.9 Å². The third-order valence-electron chi connectivity index (χ3n) is 4.26. The summed E-state index contributed by atoms with van der Waals surface area (Å²) in [5.41, 5.74) is 3.13. The van der Waals surface area contributed by atoms with E-state index >= 15 is 0 Å². The smallest absolute Gasteiger partial charge is 0.240 e. The molecule has 0 aliphatic heterocycles. The van der Waals surface area contributed by atoms with Gasteiger partial charge in [0.2, 0.25) is 10.0 Å². The quantitative estimate of drug-likeness (QED) is 0.529. The Bertz CT molecular complexity index is 982. The summed E-state index contributed by atoms with van der Waals surface area (Å²) < 4.78 is 27.6. The fourth-order valence-corrected chi connectivity index (χ4v) is 4.81. The topological polar surface area (TPSA) is 72.0 Å². The standard InChI is InChI=1S/C21H25N3O2S2/c1-16(2)14-17-5-7-19(8-6-17)28(25,26)23-11-3-4-21-24-20(15-27-21)18-9-12-22-13-10-18/h5-10,12-13,15-16,23H,3-4,11,14H2,1-2H3. The summed E-state index contributed by atoms with van der Waals surface area (Å²) >= 11 is 1.60. The molecule has 0 fully saturated rings. The van der Waals surface area contributed by atoms with Gasteiger partial charge in [-0.1, -0.05) is 26.0 Å². The predicted octanol–water partition coefficient (Wildman–Crippen LogP) is 4.31. The molecule has 7 heteroatoms. The molecule has 0 saturated heterocycles. The van der Waals surface area contributed by atoms with E-state index in [1.807, 2.05) is 29.6 Å². The lowest BCUT2D eigenvalue weighted by molar-refractivity contribution is 0.579. The van der Waals surface area contributed by atoms with E-state index in [9.17, 15) is 8.42 Å². The fourth-order valence-electron chi connectivity index (χ4n) is 2.89. The second-order valence-electron chi connectivity index (χ2n) is 7.11. The van der Waals surface area contributed by atoms with Crippen molar-refractivity contribution < 1.29 is 8.42 Å². The van der Waals surface area contributed by atoms with Crippen molar-refractivity contribution in [1.29, 1.82) is 0 Å². The molecule has 0 spiro atoms. The van der Waals surface area contributed by atoms with Crippen LogP contribution in [0.4, 0.5) is 0 Å². The summed E-state index contributed by atoms with van der Waals surface area (Å²) in [6, 6.07) is 11.0. The molecular weight excluding hydrogens is 390 g/mol. The lowest BCUT2D eigenvalue weighted by Gasteiger charge is -2.08. The third kappa shape index (κ3) is 5.70. The maximum Gasteiger partial charge on any atom is 0.240 e. The molecule has 0 unspecified atom stereocenters. The molecular formula is C21H25N3O2S2. The van der Waals surface area contributed by atoms with Crippen LogP contribution in [0.15, 0.2) is 59.1 Å². The van der Waals surface area contributed by atoms with E-state index in [-0.39, 0.29) is 0 Å². The number of benzene rings is 1. The number of hydrogen-bond donors (Lipinski definition) is 1. The molecule has 0 atom stereocenters. The van der Waals surface area contributed by atoms with E-state index in [0.29, 0.717) is 23.8 Å². The number of pyridine rings is 1. The zero-order valence-corrected chi connectivity index (χ0v) is 17.8. The molecule has 148 valence electrons. The summed E-state index contributed by atoms with van der Waals surface area (Å²) in [4.78, 5) is 8.95. The van der Waals surface area contributed by atoms with Crippen molar-refractivity contribution in [3.63, 3.8) is 0 Å². The molecule has 5 nitrogen and oxygen atoms in total. The average molecular weight is 416 g/mol. The maximum absolute atomic E-state index is 12.4. The summed E-state index contributed by atoms with van der Waals surface area (Å²) in [6.07, 6.45) is 5.89. The van der Waals surface area contributed by atoms with Crippen molar-refractivity contribution >= 4 is 21.4 Å². The van der Waals surface area contributed by atoms with Gasteiger partial charge in [0, 0.05) is 36.3 Å². The molecule has 2 heterocycles. The normalized spacial score (nSPS) is 11.8. The minimum absolute atomic E-state index is 0.314. The zero-order chi connectivity index (χ0) is 20.0. The monoisotopic (exact) mass is 415 g/mol. The summed E-state index contributed by atoms with van der Waals surface area (Å²) in [5, 5.41) is 3.03. The van der Waals surface area contributed by atoms with Gasteiger partial charge in [0.15, 0.2) is 0 Å². The highest BCUT2D eigenvalue weighted by molar-refractivity contribution is 7.89. The minimum Gasteiger partial charge on any atom is -0.265 e. The first-order valence-corrected chi connectivity index (χ1v) is 11.7. The Morgan fingerprint density at radius 2 is 1.79 bits per heavy atom.